The fraction of sp³-hybridized carbons (Fsp3) is 0.250. The number of hydrogen-bond acceptors (Lipinski definition) is 2. The molecule has 0 unspecified atom stereocenters. The van der Waals surface area contributed by atoms with Crippen molar-refractivity contribution in [3.05, 3.63) is 35.4 Å². The Morgan fingerprint density at radius 1 is 1.59 bits per heavy atom. The highest BCUT2D eigenvalue weighted by Gasteiger charge is 2.06. The van der Waals surface area contributed by atoms with E-state index in [9.17, 15) is 9.50 Å². The summed E-state index contributed by atoms with van der Waals surface area (Å²) in [7, 11) is 1.83. The molecule has 1 aromatic rings. The van der Waals surface area contributed by atoms with Crippen LogP contribution in [0.5, 0.6) is 5.75 Å². The zero-order valence-corrected chi connectivity index (χ0v) is 10.3. The van der Waals surface area contributed by atoms with E-state index in [1.165, 1.54) is 12.1 Å². The van der Waals surface area contributed by atoms with Crippen molar-refractivity contribution < 1.29 is 9.50 Å². The fourth-order valence-corrected chi connectivity index (χ4v) is 1.42. The lowest BCUT2D eigenvalue weighted by Crippen LogP contribution is -2.15. The van der Waals surface area contributed by atoms with Crippen LogP contribution in [-0.2, 0) is 6.67 Å². The molecular weight excluding hydrogens is 243 g/mol. The summed E-state index contributed by atoms with van der Waals surface area (Å²) in [4.78, 5) is 5.91. The predicted molar refractivity (Wildman–Crippen MR) is 68.9 cm³/mol. The number of benzene rings is 1. The zero-order chi connectivity index (χ0) is 12.8. The molecule has 0 aliphatic carbocycles. The van der Waals surface area contributed by atoms with Crippen molar-refractivity contribution in [1.82, 2.24) is 4.90 Å². The minimum atomic E-state index is -0.756. The molecule has 0 spiro atoms. The van der Waals surface area contributed by atoms with Crippen LogP contribution in [0.2, 0.25) is 5.02 Å². The second kappa shape index (κ2) is 6.25. The molecule has 0 fully saturated rings. The largest absolute Gasteiger partial charge is 0.508 e. The van der Waals surface area contributed by atoms with Gasteiger partial charge in [0, 0.05) is 25.2 Å². The zero-order valence-electron chi connectivity index (χ0n) is 9.53. The van der Waals surface area contributed by atoms with Gasteiger partial charge >= 0.3 is 0 Å². The number of phenolic OH excluding ortho intramolecular Hbond substituents is 1. The third kappa shape index (κ3) is 3.75. The van der Waals surface area contributed by atoms with E-state index >= 15 is 0 Å². The number of likely N-dealkylation sites (N-methyl/N-ethyl adjacent to an activating group) is 1. The highest BCUT2D eigenvalue weighted by atomic mass is 35.5. The average Bonchev–Trinajstić information content (AvgIpc) is 2.28. The molecule has 0 radical (unpaired) electrons. The number of aromatic hydroxyl groups is 1. The van der Waals surface area contributed by atoms with Gasteiger partial charge in [-0.2, -0.15) is 0 Å². The van der Waals surface area contributed by atoms with Gasteiger partial charge in [-0.1, -0.05) is 17.7 Å². The summed E-state index contributed by atoms with van der Waals surface area (Å²) in [5, 5.41) is 9.66. The normalized spacial score (nSPS) is 10.8. The number of nitrogens with zero attached hydrogens (tertiary/aromatic N) is 2. The minimum absolute atomic E-state index is 0.157. The first-order chi connectivity index (χ1) is 8.08. The first-order valence-electron chi connectivity index (χ1n) is 5.01. The smallest absolute Gasteiger partial charge is 0.123 e. The lowest BCUT2D eigenvalue weighted by atomic mass is 10.2. The van der Waals surface area contributed by atoms with E-state index in [1.807, 2.05) is 7.05 Å². The molecule has 17 heavy (non-hydrogen) atoms. The van der Waals surface area contributed by atoms with Crippen LogP contribution in [0.4, 0.5) is 10.1 Å². The molecular formula is C12H14ClFN2O. The molecule has 0 saturated heterocycles. The molecule has 0 atom stereocenters. The summed E-state index contributed by atoms with van der Waals surface area (Å²) in [5.41, 5.74) is 0.598. The second-order valence-electron chi connectivity index (χ2n) is 3.54. The van der Waals surface area contributed by atoms with Crippen molar-refractivity contribution in [3.8, 4) is 5.75 Å². The Balaban J connectivity index is 2.94. The van der Waals surface area contributed by atoms with E-state index in [1.54, 1.807) is 17.3 Å². The fourth-order valence-electron chi connectivity index (χ4n) is 1.21. The molecule has 0 heterocycles. The van der Waals surface area contributed by atoms with E-state index in [0.29, 0.717) is 12.2 Å². The van der Waals surface area contributed by atoms with E-state index in [-0.39, 0.29) is 16.3 Å². The van der Waals surface area contributed by atoms with E-state index in [0.717, 1.165) is 0 Å². The van der Waals surface area contributed by atoms with Gasteiger partial charge in [0.25, 0.3) is 0 Å². The van der Waals surface area contributed by atoms with Crippen molar-refractivity contribution in [3.63, 3.8) is 0 Å². The summed E-state index contributed by atoms with van der Waals surface area (Å²) >= 11 is 5.88. The Bertz CT molecular complexity index is 435. The SMILES string of the molecule is C=CCN(C)C=Nc1cc(CF)c(O)cc1Cl. The number of rotatable bonds is 5. The van der Waals surface area contributed by atoms with Crippen molar-refractivity contribution >= 4 is 23.6 Å². The first kappa shape index (κ1) is 13.5. The van der Waals surface area contributed by atoms with Crippen LogP contribution in [0.15, 0.2) is 29.8 Å². The number of hydrogen-bond donors (Lipinski definition) is 1. The lowest BCUT2D eigenvalue weighted by molar-refractivity contribution is 0.433. The predicted octanol–water partition coefficient (Wildman–Crippen LogP) is 3.29. The van der Waals surface area contributed by atoms with Crippen LogP contribution in [0.3, 0.4) is 0 Å². The molecule has 1 rings (SSSR count). The van der Waals surface area contributed by atoms with Gasteiger partial charge in [-0.25, -0.2) is 9.38 Å². The summed E-state index contributed by atoms with van der Waals surface area (Å²) in [6, 6.07) is 2.71. The first-order valence-corrected chi connectivity index (χ1v) is 5.39. The molecule has 3 nitrogen and oxygen atoms in total. The number of halogens is 2. The van der Waals surface area contributed by atoms with Gasteiger partial charge in [0.1, 0.15) is 12.4 Å². The molecule has 5 heteroatoms. The third-order valence-electron chi connectivity index (χ3n) is 2.10. The van der Waals surface area contributed by atoms with Crippen LogP contribution < -0.4 is 0 Å². The quantitative estimate of drug-likeness (QED) is 0.499. The molecule has 0 aliphatic rings. The highest BCUT2D eigenvalue weighted by Crippen LogP contribution is 2.32. The maximum Gasteiger partial charge on any atom is 0.123 e. The highest BCUT2D eigenvalue weighted by molar-refractivity contribution is 6.33. The lowest BCUT2D eigenvalue weighted by Gasteiger charge is -2.09. The van der Waals surface area contributed by atoms with Gasteiger partial charge < -0.3 is 10.0 Å². The molecule has 1 aromatic carbocycles. The summed E-state index contributed by atoms with van der Waals surface area (Å²) < 4.78 is 12.5. The molecule has 92 valence electrons. The van der Waals surface area contributed by atoms with Crippen molar-refractivity contribution in [2.75, 3.05) is 13.6 Å². The maximum atomic E-state index is 12.5. The van der Waals surface area contributed by atoms with Crippen LogP contribution in [0.25, 0.3) is 0 Å². The molecule has 0 amide bonds. The summed E-state index contributed by atoms with van der Waals surface area (Å²) in [6.45, 7) is 3.49. The van der Waals surface area contributed by atoms with Crippen molar-refractivity contribution in [2.24, 2.45) is 4.99 Å². The Labute approximate surface area is 105 Å². The van der Waals surface area contributed by atoms with Crippen LogP contribution in [0, 0.1) is 0 Å². The molecule has 1 N–H and O–H groups in total. The Kier molecular flexibility index (Phi) is 4.97. The van der Waals surface area contributed by atoms with Crippen LogP contribution in [-0.4, -0.2) is 29.9 Å². The average molecular weight is 257 g/mol. The number of phenols is 1. The van der Waals surface area contributed by atoms with Gasteiger partial charge in [-0.05, 0) is 6.07 Å². The number of alkyl halides is 1. The second-order valence-corrected chi connectivity index (χ2v) is 3.95. The van der Waals surface area contributed by atoms with Gasteiger partial charge in [0.05, 0.1) is 17.0 Å². The maximum absolute atomic E-state index is 12.5. The molecule has 0 aliphatic heterocycles. The van der Waals surface area contributed by atoms with Crippen LogP contribution in [0.1, 0.15) is 5.56 Å². The van der Waals surface area contributed by atoms with Gasteiger partial charge in [0.15, 0.2) is 0 Å². The number of aliphatic imine (C=N–C) groups is 1. The van der Waals surface area contributed by atoms with Crippen molar-refractivity contribution in [1.29, 1.82) is 0 Å². The summed E-state index contributed by atoms with van der Waals surface area (Å²) in [5.74, 6) is -0.157. The molecule has 0 saturated carbocycles. The minimum Gasteiger partial charge on any atom is -0.508 e. The van der Waals surface area contributed by atoms with Crippen LogP contribution >= 0.6 is 11.6 Å². The summed E-state index contributed by atoms with van der Waals surface area (Å²) in [6.07, 6.45) is 3.30. The standard InChI is InChI=1S/C12H14ClFN2O/c1-3-4-16(2)8-15-11-5-9(7-14)12(17)6-10(11)13/h3,5-6,8,17H,1,4,7H2,2H3. The monoisotopic (exact) mass is 256 g/mol. The Morgan fingerprint density at radius 3 is 2.88 bits per heavy atom. The van der Waals surface area contributed by atoms with Gasteiger partial charge in [0.2, 0.25) is 0 Å². The van der Waals surface area contributed by atoms with E-state index in [4.69, 9.17) is 11.6 Å². The van der Waals surface area contributed by atoms with E-state index in [2.05, 4.69) is 11.6 Å². The Hall–Kier alpha value is -1.55. The van der Waals surface area contributed by atoms with Crippen molar-refractivity contribution in [2.45, 2.75) is 6.67 Å². The molecule has 0 bridgehead atoms. The van der Waals surface area contributed by atoms with Gasteiger partial charge in [-0.15, -0.1) is 6.58 Å². The third-order valence-corrected chi connectivity index (χ3v) is 2.41. The molecule has 0 aromatic heterocycles. The van der Waals surface area contributed by atoms with Gasteiger partial charge in [-0.3, -0.25) is 0 Å². The Morgan fingerprint density at radius 2 is 2.29 bits per heavy atom. The topological polar surface area (TPSA) is 35.8 Å². The van der Waals surface area contributed by atoms with E-state index < -0.39 is 6.67 Å².